The third kappa shape index (κ3) is 3.82. The maximum atomic E-state index is 12.6. The van der Waals surface area contributed by atoms with E-state index in [4.69, 9.17) is 0 Å². The first-order valence-electron chi connectivity index (χ1n) is 8.21. The van der Waals surface area contributed by atoms with Crippen LogP contribution in [0.3, 0.4) is 0 Å². The molecule has 0 aliphatic carbocycles. The molecule has 128 valence electrons. The maximum absolute atomic E-state index is 12.6. The molecule has 24 heavy (non-hydrogen) atoms. The Morgan fingerprint density at radius 2 is 2.12 bits per heavy atom. The molecule has 0 bridgehead atoms. The SMILES string of the molecule is Cc1cc(SC(C)(C)C)ccc1NC(=O)c1n[nH]c2c1CNCC2. The average molecular weight is 344 g/mol. The fourth-order valence-corrected chi connectivity index (χ4v) is 3.87. The zero-order chi connectivity index (χ0) is 17.3. The quantitative estimate of drug-likeness (QED) is 0.745. The molecule has 0 saturated heterocycles. The van der Waals surface area contributed by atoms with Gasteiger partial charge in [0.2, 0.25) is 0 Å². The molecule has 5 nitrogen and oxygen atoms in total. The standard InChI is InChI=1S/C18H24N4OS/c1-11-9-12(24-18(2,3)4)5-6-14(11)20-17(23)16-13-10-19-8-7-15(13)21-22-16/h5-6,9,19H,7-8,10H2,1-4H3,(H,20,23)(H,21,22). The van der Waals surface area contributed by atoms with E-state index in [0.29, 0.717) is 12.2 Å². The highest BCUT2D eigenvalue weighted by Crippen LogP contribution is 2.33. The Balaban J connectivity index is 1.76. The molecule has 1 amide bonds. The minimum Gasteiger partial charge on any atom is -0.320 e. The number of aryl methyl sites for hydroxylation is 1. The molecule has 6 heteroatoms. The van der Waals surface area contributed by atoms with Crippen LogP contribution in [0.1, 0.15) is 48.1 Å². The Hall–Kier alpha value is -1.79. The lowest BCUT2D eigenvalue weighted by molar-refractivity contribution is 0.102. The summed E-state index contributed by atoms with van der Waals surface area (Å²) in [5.41, 5.74) is 4.42. The number of nitrogens with zero attached hydrogens (tertiary/aromatic N) is 1. The molecule has 0 atom stereocenters. The molecule has 1 aromatic heterocycles. The van der Waals surface area contributed by atoms with Crippen LogP contribution in [0.25, 0.3) is 0 Å². The average Bonchev–Trinajstić information content (AvgIpc) is 2.92. The fourth-order valence-electron chi connectivity index (χ4n) is 2.79. The van der Waals surface area contributed by atoms with Crippen molar-refractivity contribution in [3.63, 3.8) is 0 Å². The molecular weight excluding hydrogens is 320 g/mol. The van der Waals surface area contributed by atoms with E-state index in [1.54, 1.807) is 0 Å². The Morgan fingerprint density at radius 1 is 1.33 bits per heavy atom. The summed E-state index contributed by atoms with van der Waals surface area (Å²) in [5.74, 6) is -0.157. The number of carbonyl (C=O) groups is 1. The number of nitrogens with one attached hydrogen (secondary N) is 3. The molecule has 3 N–H and O–H groups in total. The van der Waals surface area contributed by atoms with Gasteiger partial charge < -0.3 is 10.6 Å². The maximum Gasteiger partial charge on any atom is 0.276 e. The summed E-state index contributed by atoms with van der Waals surface area (Å²) in [4.78, 5) is 13.8. The molecule has 1 aliphatic heterocycles. The minimum atomic E-state index is -0.157. The van der Waals surface area contributed by atoms with Gasteiger partial charge in [0, 0.05) is 46.1 Å². The minimum absolute atomic E-state index is 0.157. The van der Waals surface area contributed by atoms with Crippen molar-refractivity contribution in [1.29, 1.82) is 0 Å². The van der Waals surface area contributed by atoms with Crippen molar-refractivity contribution in [2.45, 2.75) is 50.3 Å². The van der Waals surface area contributed by atoms with Gasteiger partial charge in [-0.25, -0.2) is 0 Å². The molecule has 2 heterocycles. The van der Waals surface area contributed by atoms with Crippen LogP contribution in [0.2, 0.25) is 0 Å². The molecule has 0 spiro atoms. The summed E-state index contributed by atoms with van der Waals surface area (Å²) in [6, 6.07) is 6.14. The lowest BCUT2D eigenvalue weighted by Gasteiger charge is -2.18. The van der Waals surface area contributed by atoms with Crippen molar-refractivity contribution >= 4 is 23.4 Å². The van der Waals surface area contributed by atoms with Crippen molar-refractivity contribution in [3.05, 3.63) is 40.7 Å². The van der Waals surface area contributed by atoms with E-state index >= 15 is 0 Å². The number of hydrogen-bond acceptors (Lipinski definition) is 4. The number of benzene rings is 1. The van der Waals surface area contributed by atoms with Gasteiger partial charge in [0.05, 0.1) is 0 Å². The van der Waals surface area contributed by atoms with Crippen LogP contribution >= 0.6 is 11.8 Å². The summed E-state index contributed by atoms with van der Waals surface area (Å²) in [6.07, 6.45) is 0.882. The number of fused-ring (bicyclic) bond motifs is 1. The Kier molecular flexibility index (Phi) is 4.69. The third-order valence-corrected chi connectivity index (χ3v) is 4.99. The van der Waals surface area contributed by atoms with Crippen LogP contribution in [0.15, 0.2) is 23.1 Å². The molecule has 1 aliphatic rings. The summed E-state index contributed by atoms with van der Waals surface area (Å²) >= 11 is 1.82. The predicted molar refractivity (Wildman–Crippen MR) is 98.7 cm³/mol. The second-order valence-electron chi connectivity index (χ2n) is 7.10. The number of carbonyl (C=O) groups excluding carboxylic acids is 1. The molecular formula is C18H24N4OS. The van der Waals surface area contributed by atoms with Crippen LogP contribution in [0, 0.1) is 6.92 Å². The number of amides is 1. The number of aromatic nitrogens is 2. The molecule has 2 aromatic rings. The van der Waals surface area contributed by atoms with Gasteiger partial charge in [-0.1, -0.05) is 20.8 Å². The summed E-state index contributed by atoms with van der Waals surface area (Å²) in [6.45, 7) is 10.2. The van der Waals surface area contributed by atoms with E-state index < -0.39 is 0 Å². The summed E-state index contributed by atoms with van der Waals surface area (Å²) in [5, 5.41) is 13.5. The van der Waals surface area contributed by atoms with Crippen molar-refractivity contribution < 1.29 is 4.79 Å². The number of anilines is 1. The second kappa shape index (κ2) is 6.61. The van der Waals surface area contributed by atoms with Crippen LogP contribution in [-0.4, -0.2) is 27.4 Å². The molecule has 0 saturated carbocycles. The third-order valence-electron chi connectivity index (χ3n) is 3.89. The van der Waals surface area contributed by atoms with Crippen LogP contribution in [0.4, 0.5) is 5.69 Å². The van der Waals surface area contributed by atoms with Gasteiger partial charge in [0.1, 0.15) is 0 Å². The van der Waals surface area contributed by atoms with Crippen LogP contribution in [0.5, 0.6) is 0 Å². The van der Waals surface area contributed by atoms with Gasteiger partial charge in [-0.05, 0) is 30.7 Å². The first-order valence-corrected chi connectivity index (χ1v) is 9.03. The van der Waals surface area contributed by atoms with Gasteiger partial charge in [-0.2, -0.15) is 5.10 Å². The zero-order valence-electron chi connectivity index (χ0n) is 14.6. The fraction of sp³-hybridized carbons (Fsp3) is 0.444. The van der Waals surface area contributed by atoms with Crippen LogP contribution < -0.4 is 10.6 Å². The highest BCUT2D eigenvalue weighted by atomic mass is 32.2. The van der Waals surface area contributed by atoms with E-state index in [0.717, 1.165) is 35.5 Å². The van der Waals surface area contributed by atoms with Gasteiger partial charge in [-0.3, -0.25) is 9.89 Å². The van der Waals surface area contributed by atoms with E-state index in [2.05, 4.69) is 53.7 Å². The number of hydrogen-bond donors (Lipinski definition) is 3. The first-order chi connectivity index (χ1) is 11.3. The van der Waals surface area contributed by atoms with Gasteiger partial charge in [0.25, 0.3) is 5.91 Å². The second-order valence-corrected chi connectivity index (χ2v) is 9.00. The van der Waals surface area contributed by atoms with Crippen molar-refractivity contribution in [1.82, 2.24) is 15.5 Å². The predicted octanol–water partition coefficient (Wildman–Crippen LogP) is 3.51. The van der Waals surface area contributed by atoms with E-state index in [9.17, 15) is 4.79 Å². The van der Waals surface area contributed by atoms with Crippen molar-refractivity contribution in [2.24, 2.45) is 0 Å². The van der Waals surface area contributed by atoms with Crippen LogP contribution in [-0.2, 0) is 13.0 Å². The largest absolute Gasteiger partial charge is 0.320 e. The highest BCUT2D eigenvalue weighted by Gasteiger charge is 2.22. The summed E-state index contributed by atoms with van der Waals surface area (Å²) in [7, 11) is 0. The molecule has 0 unspecified atom stereocenters. The lowest BCUT2D eigenvalue weighted by atomic mass is 10.1. The molecule has 0 fully saturated rings. The normalized spacial score (nSPS) is 14.3. The van der Waals surface area contributed by atoms with E-state index in [1.165, 1.54) is 4.90 Å². The van der Waals surface area contributed by atoms with Gasteiger partial charge in [-0.15, -0.1) is 11.8 Å². The van der Waals surface area contributed by atoms with E-state index in [1.807, 2.05) is 24.8 Å². The van der Waals surface area contributed by atoms with Crippen molar-refractivity contribution in [2.75, 3.05) is 11.9 Å². The monoisotopic (exact) mass is 344 g/mol. The smallest absolute Gasteiger partial charge is 0.276 e. The van der Waals surface area contributed by atoms with Crippen molar-refractivity contribution in [3.8, 4) is 0 Å². The van der Waals surface area contributed by atoms with Gasteiger partial charge in [0.15, 0.2) is 5.69 Å². The lowest BCUT2D eigenvalue weighted by Crippen LogP contribution is -2.25. The topological polar surface area (TPSA) is 69.8 Å². The Labute approximate surface area is 147 Å². The molecule has 1 aromatic carbocycles. The van der Waals surface area contributed by atoms with E-state index in [-0.39, 0.29) is 10.7 Å². The number of rotatable bonds is 3. The first kappa shape index (κ1) is 17.0. The summed E-state index contributed by atoms with van der Waals surface area (Å²) < 4.78 is 0.165. The number of H-pyrrole nitrogens is 1. The zero-order valence-corrected chi connectivity index (χ0v) is 15.4. The Bertz CT molecular complexity index is 761. The number of aromatic amines is 1. The number of thioether (sulfide) groups is 1. The highest BCUT2D eigenvalue weighted by molar-refractivity contribution is 8.00. The molecule has 3 rings (SSSR count). The van der Waals surface area contributed by atoms with Gasteiger partial charge >= 0.3 is 0 Å². The molecule has 0 radical (unpaired) electrons. The Morgan fingerprint density at radius 3 is 2.83 bits per heavy atom.